The van der Waals surface area contributed by atoms with E-state index in [2.05, 4.69) is 169 Å². The van der Waals surface area contributed by atoms with E-state index in [0.717, 1.165) is 47.7 Å². The molecule has 3 unspecified atom stereocenters. The molecule has 4 heteroatoms. The number of hydrogen-bond acceptors (Lipinski definition) is 2. The van der Waals surface area contributed by atoms with E-state index in [1.165, 1.54) is 72.7 Å². The quantitative estimate of drug-likeness (QED) is 0.133. The first-order valence-electron chi connectivity index (χ1n) is 20.5. The Labute approximate surface area is 332 Å². The summed E-state index contributed by atoms with van der Waals surface area (Å²) in [5.41, 5.74) is 19.0. The van der Waals surface area contributed by atoms with Gasteiger partial charge in [0.2, 0.25) is 11.4 Å². The molecule has 0 saturated carbocycles. The van der Waals surface area contributed by atoms with Gasteiger partial charge in [-0.2, -0.15) is 4.57 Å². The Morgan fingerprint density at radius 1 is 0.857 bits per heavy atom. The molecule has 4 nitrogen and oxygen atoms in total. The standard InChI is InChI=1S/C52H53N3O/c1-9-15-48-50-38(23-29-47-44(30-35(6)55(48,8)32(2)3)40-18-13-14-19-41(40)46-28-20-33(4)31-54(46)47)22-25-42-43-26-27-45(53-52(43)56-51(42)50)49-34(5)21-24-39(36(49)7)37-16-11-10-12-17-37/h10-22,24-28,31-32,44,47H,6,9,23,29-30H2,1-5,7-8H3/q+2/b48-15-. The second-order valence-electron chi connectivity index (χ2n) is 16.7. The van der Waals surface area contributed by atoms with E-state index in [9.17, 15) is 0 Å². The summed E-state index contributed by atoms with van der Waals surface area (Å²) in [5, 5.41) is 2.17. The van der Waals surface area contributed by atoms with Gasteiger partial charge >= 0.3 is 0 Å². The molecule has 0 aliphatic carbocycles. The molecule has 7 aromatic rings. The molecule has 0 N–H and O–H groups in total. The zero-order valence-electron chi connectivity index (χ0n) is 34.0. The maximum Gasteiger partial charge on any atom is 0.227 e. The Hall–Kier alpha value is -5.58. The maximum absolute atomic E-state index is 7.09. The van der Waals surface area contributed by atoms with Crippen LogP contribution in [0.15, 0.2) is 132 Å². The molecule has 2 aliphatic heterocycles. The number of allylic oxidation sites excluding steroid dienone is 2. The van der Waals surface area contributed by atoms with E-state index in [0.29, 0.717) is 16.1 Å². The number of furan rings is 1. The van der Waals surface area contributed by atoms with Crippen molar-refractivity contribution in [1.82, 2.24) is 4.98 Å². The van der Waals surface area contributed by atoms with Crippen molar-refractivity contribution in [2.24, 2.45) is 0 Å². The largest absolute Gasteiger partial charge is 0.437 e. The van der Waals surface area contributed by atoms with E-state index in [-0.39, 0.29) is 12.1 Å². The first-order chi connectivity index (χ1) is 27.1. The number of nitrogens with zero attached hydrogens (tertiary/aromatic N) is 3. The van der Waals surface area contributed by atoms with Gasteiger partial charge in [-0.25, -0.2) is 4.98 Å². The molecule has 0 radical (unpaired) electrons. The molecule has 3 aromatic heterocycles. The van der Waals surface area contributed by atoms with Crippen molar-refractivity contribution < 1.29 is 13.5 Å². The highest BCUT2D eigenvalue weighted by atomic mass is 16.3. The van der Waals surface area contributed by atoms with E-state index in [1.807, 2.05) is 0 Å². The molecular weight excluding hydrogens is 683 g/mol. The fourth-order valence-corrected chi connectivity index (χ4v) is 10.0. The van der Waals surface area contributed by atoms with Crippen LogP contribution in [-0.2, 0) is 6.42 Å². The van der Waals surface area contributed by atoms with Crippen molar-refractivity contribution in [2.45, 2.75) is 85.2 Å². The molecule has 56 heavy (non-hydrogen) atoms. The van der Waals surface area contributed by atoms with Gasteiger partial charge in [0.05, 0.1) is 30.3 Å². The van der Waals surface area contributed by atoms with Crippen molar-refractivity contribution in [2.75, 3.05) is 7.05 Å². The summed E-state index contributed by atoms with van der Waals surface area (Å²) in [6.07, 6.45) is 8.57. The molecule has 2 aliphatic rings. The first-order valence-corrected chi connectivity index (χ1v) is 20.5. The van der Waals surface area contributed by atoms with Gasteiger partial charge in [0.25, 0.3) is 0 Å². The molecule has 5 heterocycles. The molecule has 4 aromatic carbocycles. The predicted octanol–water partition coefficient (Wildman–Crippen LogP) is 13.0. The third-order valence-electron chi connectivity index (χ3n) is 13.2. The third kappa shape index (κ3) is 5.60. The van der Waals surface area contributed by atoms with Gasteiger partial charge in [0.15, 0.2) is 17.8 Å². The minimum Gasteiger partial charge on any atom is -0.437 e. The normalized spacial score (nSPS) is 20.2. The fraction of sp³-hybridized carbons (Fsp3) is 0.269. The fourth-order valence-electron chi connectivity index (χ4n) is 10.0. The first kappa shape index (κ1) is 36.1. The van der Waals surface area contributed by atoms with Crippen molar-refractivity contribution >= 4 is 27.8 Å². The third-order valence-corrected chi connectivity index (χ3v) is 13.2. The molecule has 0 bridgehead atoms. The monoisotopic (exact) mass is 735 g/mol. The minimum atomic E-state index is 0.249. The van der Waals surface area contributed by atoms with Crippen LogP contribution in [0.4, 0.5) is 0 Å². The lowest BCUT2D eigenvalue weighted by atomic mass is 9.77. The van der Waals surface area contributed by atoms with E-state index >= 15 is 0 Å². The smallest absolute Gasteiger partial charge is 0.227 e. The highest BCUT2D eigenvalue weighted by Gasteiger charge is 2.46. The van der Waals surface area contributed by atoms with E-state index < -0.39 is 0 Å². The molecule has 280 valence electrons. The zero-order chi connectivity index (χ0) is 38.9. The second-order valence-corrected chi connectivity index (χ2v) is 16.7. The maximum atomic E-state index is 7.09. The molecule has 0 saturated heterocycles. The molecule has 0 fully saturated rings. The number of rotatable bonds is 4. The van der Waals surface area contributed by atoms with Crippen LogP contribution in [0.25, 0.3) is 61.4 Å². The minimum absolute atomic E-state index is 0.249. The summed E-state index contributed by atoms with van der Waals surface area (Å²) in [6, 6.07) is 38.4. The Balaban J connectivity index is 1.25. The van der Waals surface area contributed by atoms with Crippen LogP contribution < -0.4 is 4.57 Å². The van der Waals surface area contributed by atoms with E-state index in [4.69, 9.17) is 16.0 Å². The van der Waals surface area contributed by atoms with Crippen molar-refractivity contribution in [3.8, 4) is 33.6 Å². The number of benzene rings is 4. The second kappa shape index (κ2) is 13.9. The summed E-state index contributed by atoms with van der Waals surface area (Å²) in [6.45, 7) is 18.6. The van der Waals surface area contributed by atoms with Crippen LogP contribution in [0.1, 0.15) is 85.4 Å². The Kier molecular flexibility index (Phi) is 8.93. The summed E-state index contributed by atoms with van der Waals surface area (Å²) in [5.74, 6) is 0.309. The predicted molar refractivity (Wildman–Crippen MR) is 232 cm³/mol. The van der Waals surface area contributed by atoms with Crippen molar-refractivity contribution in [3.63, 3.8) is 0 Å². The lowest BCUT2D eigenvalue weighted by Crippen LogP contribution is -2.51. The molecule has 9 rings (SSSR count). The SMILES string of the molecule is C=C1CC2c3ccccc3-c3ccc(C)c[n+]3C2CCc2ccc3c(oc4nc(-c5c(C)ccc(-c6ccccc6)c5C)ccc43)c2/C(=C/CC)[N+]1(C)C(C)C. The average Bonchev–Trinajstić information content (AvgIpc) is 3.57. The number of fused-ring (bicyclic) bond motifs is 11. The lowest BCUT2D eigenvalue weighted by Gasteiger charge is -2.43. The van der Waals surface area contributed by atoms with Gasteiger partial charge in [-0.3, -0.25) is 4.48 Å². The molecule has 3 atom stereocenters. The van der Waals surface area contributed by atoms with Gasteiger partial charge in [0.1, 0.15) is 11.4 Å². The Morgan fingerprint density at radius 3 is 2.41 bits per heavy atom. The van der Waals surface area contributed by atoms with Crippen LogP contribution in [0, 0.1) is 20.8 Å². The van der Waals surface area contributed by atoms with Crippen LogP contribution in [0.3, 0.4) is 0 Å². The number of pyridine rings is 2. The van der Waals surface area contributed by atoms with Gasteiger partial charge in [-0.15, -0.1) is 0 Å². The number of quaternary nitrogens is 1. The average molecular weight is 736 g/mol. The highest BCUT2D eigenvalue weighted by Crippen LogP contribution is 2.49. The topological polar surface area (TPSA) is 29.9 Å². The molecule has 0 spiro atoms. The lowest BCUT2D eigenvalue weighted by molar-refractivity contribution is -0.825. The van der Waals surface area contributed by atoms with Crippen molar-refractivity contribution in [3.05, 3.63) is 161 Å². The summed E-state index contributed by atoms with van der Waals surface area (Å²) in [7, 11) is 2.39. The van der Waals surface area contributed by atoms with Crippen LogP contribution in [-0.4, -0.2) is 22.6 Å². The van der Waals surface area contributed by atoms with Crippen molar-refractivity contribution in [1.29, 1.82) is 0 Å². The van der Waals surface area contributed by atoms with Gasteiger partial charge in [0, 0.05) is 46.4 Å². The zero-order valence-corrected chi connectivity index (χ0v) is 34.0. The van der Waals surface area contributed by atoms with E-state index in [1.54, 1.807) is 0 Å². The Bertz CT molecular complexity index is 2720. The number of hydrogen-bond donors (Lipinski definition) is 0. The summed E-state index contributed by atoms with van der Waals surface area (Å²) < 4.78 is 10.3. The Morgan fingerprint density at radius 2 is 1.62 bits per heavy atom. The summed E-state index contributed by atoms with van der Waals surface area (Å²) in [4.78, 5) is 5.32. The molecule has 0 amide bonds. The van der Waals surface area contributed by atoms with Crippen LogP contribution in [0.5, 0.6) is 0 Å². The van der Waals surface area contributed by atoms with Gasteiger partial charge < -0.3 is 4.42 Å². The summed E-state index contributed by atoms with van der Waals surface area (Å²) >= 11 is 0. The number of aromatic nitrogens is 2. The van der Waals surface area contributed by atoms with Crippen LogP contribution >= 0.6 is 0 Å². The highest BCUT2D eigenvalue weighted by molar-refractivity contribution is 6.07. The molecular formula is C52H53N3O+2. The van der Waals surface area contributed by atoms with Gasteiger partial charge in [-0.1, -0.05) is 79.7 Å². The van der Waals surface area contributed by atoms with Gasteiger partial charge in [-0.05, 0) is 118 Å². The number of aryl methyl sites for hydroxylation is 3. The van der Waals surface area contributed by atoms with Crippen LogP contribution in [0.2, 0.25) is 0 Å².